The van der Waals surface area contributed by atoms with Crippen molar-refractivity contribution in [1.29, 1.82) is 0 Å². The summed E-state index contributed by atoms with van der Waals surface area (Å²) in [6.07, 6.45) is 3.92. The van der Waals surface area contributed by atoms with Gasteiger partial charge in [-0.15, -0.1) is 11.8 Å². The third-order valence-corrected chi connectivity index (χ3v) is 1.46. The van der Waals surface area contributed by atoms with Gasteiger partial charge in [-0.25, -0.2) is 0 Å². The van der Waals surface area contributed by atoms with E-state index in [0.29, 0.717) is 0 Å². The summed E-state index contributed by atoms with van der Waals surface area (Å²) in [6, 6.07) is 0. The van der Waals surface area contributed by atoms with Crippen molar-refractivity contribution in [3.8, 4) is 0 Å². The first-order valence-corrected chi connectivity index (χ1v) is 3.18. The maximum Gasteiger partial charge on any atom is 0.0287 e. The molecule has 0 saturated carbocycles. The minimum absolute atomic E-state index is 0.888. The van der Waals surface area contributed by atoms with Crippen LogP contribution in [0.15, 0.2) is 23.3 Å². The molecule has 0 atom stereocenters. The van der Waals surface area contributed by atoms with Gasteiger partial charge in [-0.2, -0.15) is 0 Å². The van der Waals surface area contributed by atoms with Gasteiger partial charge >= 0.3 is 0 Å². The van der Waals surface area contributed by atoms with E-state index in [0.717, 1.165) is 11.4 Å². The number of nitrogens with two attached hydrogens (primary N) is 1. The highest BCUT2D eigenvalue weighted by atomic mass is 32.2. The van der Waals surface area contributed by atoms with Gasteiger partial charge in [0.25, 0.3) is 0 Å². The second kappa shape index (κ2) is 2.07. The lowest BCUT2D eigenvalue weighted by Gasteiger charge is -1.96. The van der Waals surface area contributed by atoms with E-state index in [9.17, 15) is 0 Å². The van der Waals surface area contributed by atoms with Crippen LogP contribution in [0.5, 0.6) is 0 Å². The molecule has 0 radical (unpaired) electrons. The zero-order valence-electron chi connectivity index (χ0n) is 3.92. The lowest BCUT2D eigenvalue weighted by atomic mass is 10.4. The molecule has 0 aromatic carbocycles. The summed E-state index contributed by atoms with van der Waals surface area (Å²) >= 11 is 1.76. The van der Waals surface area contributed by atoms with E-state index in [-0.39, 0.29) is 0 Å². The Morgan fingerprint density at radius 1 is 1.71 bits per heavy atom. The molecular formula is C5H7NS. The minimum atomic E-state index is 0.888. The second-order valence-electron chi connectivity index (χ2n) is 1.34. The molecular weight excluding hydrogens is 106 g/mol. The SMILES string of the molecule is NC1=CCSC=C1. The molecule has 0 aromatic heterocycles. The maximum atomic E-state index is 5.40. The highest BCUT2D eigenvalue weighted by molar-refractivity contribution is 8.02. The molecule has 7 heavy (non-hydrogen) atoms. The van der Waals surface area contributed by atoms with Crippen molar-refractivity contribution in [3.63, 3.8) is 0 Å². The van der Waals surface area contributed by atoms with Crippen LogP contribution >= 0.6 is 11.8 Å². The summed E-state index contributed by atoms with van der Waals surface area (Å²) in [5.74, 6) is 1.03. The Balaban J connectivity index is 2.58. The Bertz CT molecular complexity index is 115. The molecule has 1 aliphatic rings. The lowest BCUT2D eigenvalue weighted by molar-refractivity contribution is 1.40. The smallest absolute Gasteiger partial charge is 0.0287 e. The van der Waals surface area contributed by atoms with Crippen LogP contribution in [0, 0.1) is 0 Å². The second-order valence-corrected chi connectivity index (χ2v) is 2.28. The fourth-order valence-corrected chi connectivity index (χ4v) is 1.05. The van der Waals surface area contributed by atoms with Crippen molar-refractivity contribution >= 4 is 11.8 Å². The van der Waals surface area contributed by atoms with Crippen molar-refractivity contribution in [2.24, 2.45) is 5.73 Å². The van der Waals surface area contributed by atoms with Crippen molar-refractivity contribution in [1.82, 2.24) is 0 Å². The molecule has 2 heteroatoms. The van der Waals surface area contributed by atoms with E-state index in [1.807, 2.05) is 17.6 Å². The Morgan fingerprint density at radius 3 is 2.86 bits per heavy atom. The third-order valence-electron chi connectivity index (χ3n) is 0.772. The van der Waals surface area contributed by atoms with Crippen LogP contribution in [0.4, 0.5) is 0 Å². The summed E-state index contributed by atoms with van der Waals surface area (Å²) in [4.78, 5) is 0. The predicted molar refractivity (Wildman–Crippen MR) is 33.9 cm³/mol. The summed E-state index contributed by atoms with van der Waals surface area (Å²) in [7, 11) is 0. The van der Waals surface area contributed by atoms with Crippen LogP contribution in [-0.2, 0) is 0 Å². The van der Waals surface area contributed by atoms with E-state index in [1.54, 1.807) is 11.8 Å². The summed E-state index contributed by atoms with van der Waals surface area (Å²) in [6.45, 7) is 0. The zero-order chi connectivity index (χ0) is 5.11. The van der Waals surface area contributed by atoms with E-state index in [4.69, 9.17) is 5.73 Å². The molecule has 0 unspecified atom stereocenters. The molecule has 38 valence electrons. The molecule has 0 aromatic rings. The van der Waals surface area contributed by atoms with Gasteiger partial charge in [-0.1, -0.05) is 6.08 Å². The van der Waals surface area contributed by atoms with Gasteiger partial charge in [0, 0.05) is 11.4 Å². The quantitative estimate of drug-likeness (QED) is 0.509. The predicted octanol–water partition coefficient (Wildman–Crippen LogP) is 1.09. The fourth-order valence-electron chi connectivity index (χ4n) is 0.395. The molecule has 0 spiro atoms. The van der Waals surface area contributed by atoms with Crippen molar-refractivity contribution < 1.29 is 0 Å². The Kier molecular flexibility index (Phi) is 1.42. The summed E-state index contributed by atoms with van der Waals surface area (Å²) in [5.41, 5.74) is 6.28. The van der Waals surface area contributed by atoms with Gasteiger partial charge in [0.05, 0.1) is 0 Å². The summed E-state index contributed by atoms with van der Waals surface area (Å²) in [5, 5.41) is 2.01. The number of thioether (sulfide) groups is 1. The topological polar surface area (TPSA) is 26.0 Å². The Morgan fingerprint density at radius 2 is 2.57 bits per heavy atom. The fraction of sp³-hybridized carbons (Fsp3) is 0.200. The van der Waals surface area contributed by atoms with Crippen LogP contribution in [0.1, 0.15) is 0 Å². The van der Waals surface area contributed by atoms with E-state index in [1.165, 1.54) is 0 Å². The van der Waals surface area contributed by atoms with E-state index in [2.05, 4.69) is 0 Å². The van der Waals surface area contributed by atoms with Crippen LogP contribution in [-0.4, -0.2) is 5.75 Å². The molecule has 1 rings (SSSR count). The lowest BCUT2D eigenvalue weighted by Crippen LogP contribution is -1.94. The molecule has 0 bridgehead atoms. The van der Waals surface area contributed by atoms with Crippen LogP contribution < -0.4 is 5.73 Å². The van der Waals surface area contributed by atoms with E-state index >= 15 is 0 Å². The summed E-state index contributed by atoms with van der Waals surface area (Å²) < 4.78 is 0. The highest BCUT2D eigenvalue weighted by Gasteiger charge is 1.87. The molecule has 1 nitrogen and oxygen atoms in total. The number of allylic oxidation sites excluding steroid dienone is 1. The van der Waals surface area contributed by atoms with E-state index < -0.39 is 0 Å². The molecule has 0 amide bonds. The van der Waals surface area contributed by atoms with Gasteiger partial charge in [0.2, 0.25) is 0 Å². The van der Waals surface area contributed by atoms with Gasteiger partial charge < -0.3 is 5.73 Å². The van der Waals surface area contributed by atoms with Crippen LogP contribution in [0.2, 0.25) is 0 Å². The Labute approximate surface area is 47.3 Å². The average molecular weight is 113 g/mol. The maximum absolute atomic E-state index is 5.40. The molecule has 0 saturated heterocycles. The van der Waals surface area contributed by atoms with Crippen LogP contribution in [0.25, 0.3) is 0 Å². The normalized spacial score (nSPS) is 19.1. The monoisotopic (exact) mass is 113 g/mol. The molecule has 1 heterocycles. The largest absolute Gasteiger partial charge is 0.399 e. The van der Waals surface area contributed by atoms with Gasteiger partial charge in [-0.05, 0) is 11.5 Å². The Hall–Kier alpha value is -0.370. The minimum Gasteiger partial charge on any atom is -0.399 e. The third kappa shape index (κ3) is 1.27. The number of rotatable bonds is 0. The first-order chi connectivity index (χ1) is 3.39. The van der Waals surface area contributed by atoms with Gasteiger partial charge in [0.1, 0.15) is 0 Å². The highest BCUT2D eigenvalue weighted by Crippen LogP contribution is 2.09. The van der Waals surface area contributed by atoms with Crippen LogP contribution in [0.3, 0.4) is 0 Å². The standard InChI is InChI=1S/C5H7NS/c6-5-1-3-7-4-2-5/h1-3H,4,6H2. The average Bonchev–Trinajstić information content (AvgIpc) is 1.69. The number of hydrogen-bond acceptors (Lipinski definition) is 2. The zero-order valence-corrected chi connectivity index (χ0v) is 4.74. The first-order valence-electron chi connectivity index (χ1n) is 2.13. The van der Waals surface area contributed by atoms with Gasteiger partial charge in [-0.3, -0.25) is 0 Å². The molecule has 0 aliphatic carbocycles. The molecule has 0 fully saturated rings. The number of hydrogen-bond donors (Lipinski definition) is 1. The molecule has 1 aliphatic heterocycles. The van der Waals surface area contributed by atoms with Gasteiger partial charge in [0.15, 0.2) is 0 Å². The first kappa shape index (κ1) is 4.78. The van der Waals surface area contributed by atoms with Crippen molar-refractivity contribution in [2.45, 2.75) is 0 Å². The molecule has 2 N–H and O–H groups in total. The van der Waals surface area contributed by atoms with Crippen molar-refractivity contribution in [3.05, 3.63) is 23.3 Å². The van der Waals surface area contributed by atoms with Crippen molar-refractivity contribution in [2.75, 3.05) is 5.75 Å².